The van der Waals surface area contributed by atoms with E-state index in [-0.39, 0.29) is 5.91 Å². The molecule has 2 aromatic rings. The largest absolute Gasteiger partial charge is 0.486 e. The third-order valence-corrected chi connectivity index (χ3v) is 4.61. The Kier molecular flexibility index (Phi) is 5.30. The standard InChI is InChI=1S/C19H21NO3S/c1-13-7-14(2)9-15(8-13)11-24-12-19(21)20-16-3-4-17-18(10-16)23-6-5-22-17/h3-4,7-10H,5-6,11-12H2,1-2H3,(H,20,21). The number of fused-ring (bicyclic) bond motifs is 1. The zero-order chi connectivity index (χ0) is 16.9. The molecule has 0 bridgehead atoms. The number of thioether (sulfide) groups is 1. The summed E-state index contributed by atoms with van der Waals surface area (Å²) in [7, 11) is 0. The Morgan fingerprint density at radius 1 is 1.04 bits per heavy atom. The summed E-state index contributed by atoms with van der Waals surface area (Å²) < 4.78 is 11.0. The molecule has 126 valence electrons. The van der Waals surface area contributed by atoms with E-state index in [1.807, 2.05) is 12.1 Å². The van der Waals surface area contributed by atoms with Gasteiger partial charge in [0.25, 0.3) is 0 Å². The lowest BCUT2D eigenvalue weighted by Gasteiger charge is -2.19. The highest BCUT2D eigenvalue weighted by atomic mass is 32.2. The Bertz CT molecular complexity index is 725. The first kappa shape index (κ1) is 16.7. The van der Waals surface area contributed by atoms with Crippen LogP contribution in [0.15, 0.2) is 36.4 Å². The molecule has 0 aliphatic carbocycles. The van der Waals surface area contributed by atoms with Gasteiger partial charge < -0.3 is 14.8 Å². The molecule has 0 aromatic heterocycles. The molecule has 24 heavy (non-hydrogen) atoms. The van der Waals surface area contributed by atoms with Crippen LogP contribution in [0.1, 0.15) is 16.7 Å². The van der Waals surface area contributed by atoms with Gasteiger partial charge in [-0.3, -0.25) is 4.79 Å². The monoisotopic (exact) mass is 343 g/mol. The predicted octanol–water partition coefficient (Wildman–Crippen LogP) is 3.95. The van der Waals surface area contributed by atoms with E-state index in [1.54, 1.807) is 17.8 Å². The average Bonchev–Trinajstić information content (AvgIpc) is 2.54. The molecule has 1 heterocycles. The summed E-state index contributed by atoms with van der Waals surface area (Å²) in [6.45, 7) is 5.29. The molecular formula is C19H21NO3S. The fourth-order valence-corrected chi connectivity index (χ4v) is 3.49. The summed E-state index contributed by atoms with van der Waals surface area (Å²) in [5.41, 5.74) is 4.50. The quantitative estimate of drug-likeness (QED) is 0.893. The Balaban J connectivity index is 1.50. The minimum atomic E-state index is -0.0129. The number of aryl methyl sites for hydroxylation is 2. The van der Waals surface area contributed by atoms with Crippen LogP contribution in [0.4, 0.5) is 5.69 Å². The van der Waals surface area contributed by atoms with Crippen molar-refractivity contribution in [2.45, 2.75) is 19.6 Å². The smallest absolute Gasteiger partial charge is 0.234 e. The molecule has 1 aliphatic rings. The van der Waals surface area contributed by atoms with Crippen LogP contribution in [0.2, 0.25) is 0 Å². The number of benzene rings is 2. The molecule has 2 aromatic carbocycles. The SMILES string of the molecule is Cc1cc(C)cc(CSCC(=O)Nc2ccc3c(c2)OCCO3)c1. The van der Waals surface area contributed by atoms with Crippen LogP contribution in [0, 0.1) is 13.8 Å². The van der Waals surface area contributed by atoms with E-state index in [9.17, 15) is 4.79 Å². The molecule has 0 spiro atoms. The van der Waals surface area contributed by atoms with Gasteiger partial charge in [-0.2, -0.15) is 0 Å². The number of ether oxygens (including phenoxy) is 2. The van der Waals surface area contributed by atoms with Crippen LogP contribution in [0.25, 0.3) is 0 Å². The third-order valence-electron chi connectivity index (χ3n) is 3.61. The van der Waals surface area contributed by atoms with Crippen molar-refractivity contribution in [3.63, 3.8) is 0 Å². The summed E-state index contributed by atoms with van der Waals surface area (Å²) >= 11 is 1.61. The second-order valence-electron chi connectivity index (χ2n) is 5.90. The summed E-state index contributed by atoms with van der Waals surface area (Å²) in [4.78, 5) is 12.1. The Morgan fingerprint density at radius 3 is 2.50 bits per heavy atom. The molecule has 1 N–H and O–H groups in total. The fraction of sp³-hybridized carbons (Fsp3) is 0.316. The topological polar surface area (TPSA) is 47.6 Å². The molecular weight excluding hydrogens is 322 g/mol. The number of hydrogen-bond acceptors (Lipinski definition) is 4. The van der Waals surface area contributed by atoms with Crippen molar-refractivity contribution in [1.29, 1.82) is 0 Å². The first-order valence-electron chi connectivity index (χ1n) is 7.94. The second kappa shape index (κ2) is 7.62. The van der Waals surface area contributed by atoms with Crippen molar-refractivity contribution >= 4 is 23.4 Å². The van der Waals surface area contributed by atoms with Crippen molar-refractivity contribution in [3.05, 3.63) is 53.1 Å². The van der Waals surface area contributed by atoms with E-state index in [1.165, 1.54) is 16.7 Å². The van der Waals surface area contributed by atoms with Crippen LogP contribution in [0.3, 0.4) is 0 Å². The summed E-state index contributed by atoms with van der Waals surface area (Å²) in [6.07, 6.45) is 0. The van der Waals surface area contributed by atoms with Gasteiger partial charge in [-0.15, -0.1) is 11.8 Å². The lowest BCUT2D eigenvalue weighted by atomic mass is 10.1. The maximum atomic E-state index is 12.1. The molecule has 1 aliphatic heterocycles. The number of hydrogen-bond donors (Lipinski definition) is 1. The number of anilines is 1. The van der Waals surface area contributed by atoms with Gasteiger partial charge in [-0.1, -0.05) is 29.3 Å². The van der Waals surface area contributed by atoms with E-state index in [4.69, 9.17) is 9.47 Å². The van der Waals surface area contributed by atoms with Crippen molar-refractivity contribution in [1.82, 2.24) is 0 Å². The Labute approximate surface area is 146 Å². The minimum Gasteiger partial charge on any atom is -0.486 e. The maximum Gasteiger partial charge on any atom is 0.234 e. The van der Waals surface area contributed by atoms with Gasteiger partial charge in [0.15, 0.2) is 11.5 Å². The van der Waals surface area contributed by atoms with E-state index >= 15 is 0 Å². The normalized spacial score (nSPS) is 12.8. The molecule has 0 fully saturated rings. The minimum absolute atomic E-state index is 0.0129. The summed E-state index contributed by atoms with van der Waals surface area (Å²) in [5.74, 6) is 2.64. The van der Waals surface area contributed by atoms with E-state index < -0.39 is 0 Å². The van der Waals surface area contributed by atoms with Gasteiger partial charge >= 0.3 is 0 Å². The molecule has 3 rings (SSSR count). The van der Waals surface area contributed by atoms with Crippen LogP contribution >= 0.6 is 11.8 Å². The van der Waals surface area contributed by atoms with Gasteiger partial charge in [0.1, 0.15) is 13.2 Å². The van der Waals surface area contributed by atoms with Gasteiger partial charge in [-0.05, 0) is 31.5 Å². The predicted molar refractivity (Wildman–Crippen MR) is 98.1 cm³/mol. The van der Waals surface area contributed by atoms with Crippen molar-refractivity contribution in [2.75, 3.05) is 24.3 Å². The van der Waals surface area contributed by atoms with Crippen LogP contribution < -0.4 is 14.8 Å². The molecule has 4 nitrogen and oxygen atoms in total. The molecule has 0 atom stereocenters. The van der Waals surface area contributed by atoms with E-state index in [0.29, 0.717) is 24.7 Å². The third kappa shape index (κ3) is 4.45. The highest BCUT2D eigenvalue weighted by Gasteiger charge is 2.12. The van der Waals surface area contributed by atoms with Crippen LogP contribution in [-0.2, 0) is 10.5 Å². The van der Waals surface area contributed by atoms with Gasteiger partial charge in [0.05, 0.1) is 5.75 Å². The van der Waals surface area contributed by atoms with Crippen LogP contribution in [-0.4, -0.2) is 24.9 Å². The first-order valence-corrected chi connectivity index (χ1v) is 9.10. The van der Waals surface area contributed by atoms with Gasteiger partial charge in [0.2, 0.25) is 5.91 Å². The van der Waals surface area contributed by atoms with E-state index in [2.05, 4.69) is 37.4 Å². The second-order valence-corrected chi connectivity index (χ2v) is 6.88. The molecule has 1 amide bonds. The fourth-order valence-electron chi connectivity index (χ4n) is 2.73. The highest BCUT2D eigenvalue weighted by molar-refractivity contribution is 7.99. The summed E-state index contributed by atoms with van der Waals surface area (Å²) in [5, 5.41) is 2.91. The Hall–Kier alpha value is -2.14. The molecule has 0 radical (unpaired) electrons. The average molecular weight is 343 g/mol. The first-order chi connectivity index (χ1) is 11.6. The van der Waals surface area contributed by atoms with Crippen molar-refractivity contribution < 1.29 is 14.3 Å². The lowest BCUT2D eigenvalue weighted by molar-refractivity contribution is -0.113. The Morgan fingerprint density at radius 2 is 1.75 bits per heavy atom. The van der Waals surface area contributed by atoms with Gasteiger partial charge in [0, 0.05) is 17.5 Å². The molecule has 0 saturated heterocycles. The van der Waals surface area contributed by atoms with Gasteiger partial charge in [-0.25, -0.2) is 0 Å². The van der Waals surface area contributed by atoms with Crippen molar-refractivity contribution in [3.8, 4) is 11.5 Å². The van der Waals surface area contributed by atoms with Crippen LogP contribution in [0.5, 0.6) is 11.5 Å². The highest BCUT2D eigenvalue weighted by Crippen LogP contribution is 2.32. The molecule has 0 saturated carbocycles. The maximum absolute atomic E-state index is 12.1. The van der Waals surface area contributed by atoms with Crippen molar-refractivity contribution in [2.24, 2.45) is 0 Å². The number of rotatable bonds is 5. The zero-order valence-corrected chi connectivity index (χ0v) is 14.7. The zero-order valence-electron chi connectivity index (χ0n) is 13.9. The molecule has 0 unspecified atom stereocenters. The number of carbonyl (C=O) groups excluding carboxylic acids is 1. The number of amides is 1. The van der Waals surface area contributed by atoms with E-state index in [0.717, 1.165) is 17.2 Å². The summed E-state index contributed by atoms with van der Waals surface area (Å²) in [6, 6.07) is 12.0. The number of carbonyl (C=O) groups is 1. The molecule has 5 heteroatoms. The number of nitrogens with one attached hydrogen (secondary N) is 1. The lowest BCUT2D eigenvalue weighted by Crippen LogP contribution is -2.17.